The number of carbonyl (C=O) groups is 1. The third kappa shape index (κ3) is 2.13. The van der Waals surface area contributed by atoms with E-state index in [0.717, 1.165) is 4.68 Å². The summed E-state index contributed by atoms with van der Waals surface area (Å²) in [6.45, 7) is 5.48. The van der Waals surface area contributed by atoms with E-state index in [2.05, 4.69) is 10.2 Å². The van der Waals surface area contributed by atoms with E-state index in [4.69, 9.17) is 5.84 Å². The third-order valence-electron chi connectivity index (χ3n) is 3.04. The lowest BCUT2D eigenvalue weighted by Gasteiger charge is -2.34. The van der Waals surface area contributed by atoms with E-state index in [9.17, 15) is 9.59 Å². The van der Waals surface area contributed by atoms with E-state index in [1.165, 1.54) is 0 Å². The summed E-state index contributed by atoms with van der Waals surface area (Å²) in [7, 11) is 0. The first-order chi connectivity index (χ1) is 8.50. The Bertz CT molecular complexity index is 518. The van der Waals surface area contributed by atoms with Crippen LogP contribution in [0.3, 0.4) is 0 Å². The number of piperazine rings is 1. The molecule has 2 heterocycles. The molecule has 8 nitrogen and oxygen atoms in total. The number of anilines is 1. The maximum Gasteiger partial charge on any atom is 0.295 e. The van der Waals surface area contributed by atoms with Gasteiger partial charge in [-0.1, -0.05) is 0 Å². The van der Waals surface area contributed by atoms with Gasteiger partial charge in [0.2, 0.25) is 11.9 Å². The summed E-state index contributed by atoms with van der Waals surface area (Å²) in [5, 5.41) is 7.73. The van der Waals surface area contributed by atoms with Crippen molar-refractivity contribution in [2.75, 3.05) is 36.9 Å². The number of carbonyl (C=O) groups excluding carboxylic acids is 1. The molecule has 2 N–H and O–H groups in total. The second-order valence-electron chi connectivity index (χ2n) is 4.25. The highest BCUT2D eigenvalue weighted by molar-refractivity contribution is 5.73. The smallest absolute Gasteiger partial charge is 0.295 e. The molecule has 0 bridgehead atoms. The summed E-state index contributed by atoms with van der Waals surface area (Å²) in [6, 6.07) is 0. The zero-order chi connectivity index (χ0) is 13.3. The molecular formula is C10H16N6O2. The van der Waals surface area contributed by atoms with Crippen molar-refractivity contribution in [2.24, 2.45) is 0 Å². The number of amides is 1. The summed E-state index contributed by atoms with van der Waals surface area (Å²) in [5.41, 5.74) is -0.0855. The molecule has 98 valence electrons. The molecule has 1 aliphatic heterocycles. The van der Waals surface area contributed by atoms with Crippen LogP contribution in [0, 0.1) is 6.92 Å². The van der Waals surface area contributed by atoms with E-state index in [1.54, 1.807) is 18.7 Å². The molecule has 8 heteroatoms. The van der Waals surface area contributed by atoms with Crippen LogP contribution >= 0.6 is 0 Å². The van der Waals surface area contributed by atoms with Gasteiger partial charge >= 0.3 is 0 Å². The second kappa shape index (κ2) is 4.63. The van der Waals surface area contributed by atoms with Gasteiger partial charge in [0.25, 0.3) is 5.56 Å². The topological polar surface area (TPSA) is 97.4 Å². The zero-order valence-electron chi connectivity index (χ0n) is 10.5. The van der Waals surface area contributed by atoms with E-state index < -0.39 is 0 Å². The van der Waals surface area contributed by atoms with Crippen LogP contribution in [0.5, 0.6) is 0 Å². The molecule has 1 aromatic rings. The number of hydrogen-bond donors (Lipinski definition) is 1. The molecule has 0 atom stereocenters. The molecule has 1 saturated heterocycles. The summed E-state index contributed by atoms with van der Waals surface area (Å²) in [5.74, 6) is 6.08. The molecule has 0 radical (unpaired) electrons. The van der Waals surface area contributed by atoms with Gasteiger partial charge in [-0.05, 0) is 6.92 Å². The van der Waals surface area contributed by atoms with Crippen molar-refractivity contribution in [1.82, 2.24) is 19.8 Å². The van der Waals surface area contributed by atoms with Gasteiger partial charge in [-0.2, -0.15) is 4.68 Å². The summed E-state index contributed by atoms with van der Waals surface area (Å²) < 4.78 is 1.01. The maximum atomic E-state index is 11.6. The molecule has 1 amide bonds. The number of nitrogen functional groups attached to an aromatic ring is 1. The van der Waals surface area contributed by atoms with E-state index in [0.29, 0.717) is 32.1 Å². The largest absolute Gasteiger partial charge is 0.339 e. The lowest BCUT2D eigenvalue weighted by atomic mass is 10.3. The van der Waals surface area contributed by atoms with E-state index >= 15 is 0 Å². The number of rotatable bonds is 1. The standard InChI is InChI=1S/C10H16N6O2/c1-7-9(18)16(11)10(13-12-7)15-5-3-14(4-6-15)8(2)17/h3-6,11H2,1-2H3. The lowest BCUT2D eigenvalue weighted by molar-refractivity contribution is -0.129. The molecule has 0 aromatic carbocycles. The fraction of sp³-hybridized carbons (Fsp3) is 0.600. The zero-order valence-corrected chi connectivity index (χ0v) is 10.5. The van der Waals surface area contributed by atoms with Crippen LogP contribution in [0.4, 0.5) is 5.95 Å². The van der Waals surface area contributed by atoms with Crippen LogP contribution in [0.15, 0.2) is 4.79 Å². The van der Waals surface area contributed by atoms with Gasteiger partial charge in [-0.25, -0.2) is 0 Å². The Morgan fingerprint density at radius 1 is 1.22 bits per heavy atom. The first-order valence-corrected chi connectivity index (χ1v) is 5.72. The van der Waals surface area contributed by atoms with Crippen molar-refractivity contribution in [3.8, 4) is 0 Å². The second-order valence-corrected chi connectivity index (χ2v) is 4.25. The Morgan fingerprint density at radius 2 is 1.83 bits per heavy atom. The first kappa shape index (κ1) is 12.3. The van der Waals surface area contributed by atoms with Crippen LogP contribution in [0.1, 0.15) is 12.6 Å². The molecule has 1 fully saturated rings. The number of aryl methyl sites for hydroxylation is 1. The monoisotopic (exact) mass is 252 g/mol. The molecule has 0 unspecified atom stereocenters. The Kier molecular flexibility index (Phi) is 3.17. The molecule has 2 rings (SSSR count). The normalized spacial score (nSPS) is 15.9. The first-order valence-electron chi connectivity index (χ1n) is 5.72. The quantitative estimate of drug-likeness (QED) is 0.600. The van der Waals surface area contributed by atoms with Crippen LogP contribution in [-0.2, 0) is 4.79 Å². The van der Waals surface area contributed by atoms with Crippen molar-refractivity contribution in [1.29, 1.82) is 0 Å². The molecule has 0 saturated carbocycles. The highest BCUT2D eigenvalue weighted by Crippen LogP contribution is 2.09. The van der Waals surface area contributed by atoms with Crippen molar-refractivity contribution in [3.63, 3.8) is 0 Å². The van der Waals surface area contributed by atoms with Crippen molar-refractivity contribution >= 4 is 11.9 Å². The molecule has 1 aliphatic rings. The molecule has 0 spiro atoms. The maximum absolute atomic E-state index is 11.6. The minimum absolute atomic E-state index is 0.0507. The van der Waals surface area contributed by atoms with Gasteiger partial charge in [0.1, 0.15) is 5.69 Å². The van der Waals surface area contributed by atoms with Gasteiger partial charge in [-0.3, -0.25) is 9.59 Å². The van der Waals surface area contributed by atoms with Crippen molar-refractivity contribution in [3.05, 3.63) is 16.0 Å². The molecule has 18 heavy (non-hydrogen) atoms. The fourth-order valence-corrected chi connectivity index (χ4v) is 1.91. The summed E-state index contributed by atoms with van der Waals surface area (Å²) in [4.78, 5) is 26.5. The summed E-state index contributed by atoms with van der Waals surface area (Å²) >= 11 is 0. The number of nitrogens with two attached hydrogens (primary N) is 1. The highest BCUT2D eigenvalue weighted by Gasteiger charge is 2.22. The van der Waals surface area contributed by atoms with Crippen molar-refractivity contribution < 1.29 is 4.79 Å². The number of nitrogens with zero attached hydrogens (tertiary/aromatic N) is 5. The van der Waals surface area contributed by atoms with Crippen molar-refractivity contribution in [2.45, 2.75) is 13.8 Å². The fourth-order valence-electron chi connectivity index (χ4n) is 1.91. The van der Waals surface area contributed by atoms with Gasteiger partial charge in [0.15, 0.2) is 0 Å². The Balaban J connectivity index is 2.18. The number of aromatic nitrogens is 3. The van der Waals surface area contributed by atoms with E-state index in [-0.39, 0.29) is 17.2 Å². The molecule has 1 aromatic heterocycles. The van der Waals surface area contributed by atoms with Crippen LogP contribution in [-0.4, -0.2) is 51.9 Å². The minimum atomic E-state index is -0.353. The molecule has 0 aliphatic carbocycles. The van der Waals surface area contributed by atoms with E-state index in [1.807, 2.05) is 4.90 Å². The molecular weight excluding hydrogens is 236 g/mol. The van der Waals surface area contributed by atoms with Gasteiger partial charge in [0, 0.05) is 33.1 Å². The minimum Gasteiger partial charge on any atom is -0.339 e. The SMILES string of the molecule is CC(=O)N1CCN(c2nnc(C)c(=O)n2N)CC1. The van der Waals surface area contributed by atoms with Gasteiger partial charge in [0.05, 0.1) is 0 Å². The predicted octanol–water partition coefficient (Wildman–Crippen LogP) is -1.67. The number of hydrogen-bond acceptors (Lipinski definition) is 6. The Hall–Kier alpha value is -2.12. The average Bonchev–Trinajstić information content (AvgIpc) is 2.36. The Labute approximate surface area is 104 Å². The lowest BCUT2D eigenvalue weighted by Crippen LogP contribution is -2.50. The summed E-state index contributed by atoms with van der Waals surface area (Å²) in [6.07, 6.45) is 0. The van der Waals surface area contributed by atoms with Crippen LogP contribution < -0.4 is 16.3 Å². The predicted molar refractivity (Wildman–Crippen MR) is 65.6 cm³/mol. The highest BCUT2D eigenvalue weighted by atomic mass is 16.2. The average molecular weight is 252 g/mol. The van der Waals surface area contributed by atoms with Crippen LogP contribution in [0.25, 0.3) is 0 Å². The Morgan fingerprint density at radius 3 is 2.39 bits per heavy atom. The third-order valence-corrected chi connectivity index (χ3v) is 3.04. The van der Waals surface area contributed by atoms with Gasteiger partial charge in [-0.15, -0.1) is 10.2 Å². The van der Waals surface area contributed by atoms with Crippen LogP contribution in [0.2, 0.25) is 0 Å². The van der Waals surface area contributed by atoms with Gasteiger partial charge < -0.3 is 15.6 Å².